The summed E-state index contributed by atoms with van der Waals surface area (Å²) in [6.07, 6.45) is 2.33. The van der Waals surface area contributed by atoms with Crippen molar-refractivity contribution in [2.75, 3.05) is 53.0 Å². The van der Waals surface area contributed by atoms with Gasteiger partial charge in [0, 0.05) is 56.4 Å². The molecule has 1 N–H and O–H groups in total. The van der Waals surface area contributed by atoms with Crippen molar-refractivity contribution in [2.45, 2.75) is 24.8 Å². The number of piperidine rings is 3. The van der Waals surface area contributed by atoms with Gasteiger partial charge in [-0.2, -0.15) is 5.10 Å². The molecular weight excluding hydrogens is 406 g/mol. The second kappa shape index (κ2) is 9.11. The molecule has 2 amide bonds. The fourth-order valence-electron chi connectivity index (χ4n) is 5.50. The third kappa shape index (κ3) is 4.21. The molecule has 0 spiro atoms. The molecule has 172 valence electrons. The third-order valence-electron chi connectivity index (χ3n) is 7.35. The second-order valence-electron chi connectivity index (χ2n) is 9.13. The fourth-order valence-corrected chi connectivity index (χ4v) is 5.50. The van der Waals surface area contributed by atoms with Gasteiger partial charge in [0.1, 0.15) is 5.75 Å². The van der Waals surface area contributed by atoms with Crippen LogP contribution in [0.5, 0.6) is 5.75 Å². The molecule has 6 rings (SSSR count). The van der Waals surface area contributed by atoms with Crippen LogP contribution in [0, 0.1) is 5.92 Å². The van der Waals surface area contributed by atoms with Gasteiger partial charge in [0.2, 0.25) is 0 Å². The van der Waals surface area contributed by atoms with Gasteiger partial charge in [-0.15, -0.1) is 0 Å². The van der Waals surface area contributed by atoms with E-state index in [2.05, 4.69) is 40.1 Å². The zero-order chi connectivity index (χ0) is 22.1. The lowest BCUT2D eigenvalue weighted by Gasteiger charge is -2.50. The number of methoxy groups -OCH3 is 1. The second-order valence-corrected chi connectivity index (χ2v) is 9.13. The predicted molar refractivity (Wildman–Crippen MR) is 122 cm³/mol. The number of hydrogen-bond acceptors (Lipinski definition) is 5. The summed E-state index contributed by atoms with van der Waals surface area (Å²) in [7, 11) is 3.74. The Morgan fingerprint density at radius 3 is 2.69 bits per heavy atom. The van der Waals surface area contributed by atoms with E-state index in [1.807, 2.05) is 17.0 Å². The smallest absolute Gasteiger partial charge is 0.317 e. The van der Waals surface area contributed by atoms with Crippen molar-refractivity contribution in [3.63, 3.8) is 0 Å². The van der Waals surface area contributed by atoms with Gasteiger partial charge in [-0.1, -0.05) is 0 Å². The number of ether oxygens (including phenoxy) is 2. The number of rotatable bonds is 5. The Morgan fingerprint density at radius 2 is 2.00 bits per heavy atom. The summed E-state index contributed by atoms with van der Waals surface area (Å²) in [5.74, 6) is 1.97. The van der Waals surface area contributed by atoms with E-state index in [9.17, 15) is 4.79 Å². The van der Waals surface area contributed by atoms with E-state index in [1.54, 1.807) is 7.11 Å². The first-order valence-corrected chi connectivity index (χ1v) is 11.7. The highest BCUT2D eigenvalue weighted by Crippen LogP contribution is 2.42. The van der Waals surface area contributed by atoms with Gasteiger partial charge < -0.3 is 19.7 Å². The van der Waals surface area contributed by atoms with Crippen LogP contribution in [0.15, 0.2) is 30.3 Å². The van der Waals surface area contributed by atoms with E-state index in [1.165, 1.54) is 12.1 Å². The summed E-state index contributed by atoms with van der Waals surface area (Å²) >= 11 is 0. The molecule has 4 aliphatic rings. The minimum Gasteiger partial charge on any atom is -0.497 e. The van der Waals surface area contributed by atoms with Crippen LogP contribution in [0.4, 0.5) is 4.79 Å². The molecule has 2 bridgehead atoms. The molecular formula is C24H33N5O3. The highest BCUT2D eigenvalue weighted by Gasteiger charge is 2.42. The van der Waals surface area contributed by atoms with Crippen LogP contribution in [-0.2, 0) is 11.8 Å². The van der Waals surface area contributed by atoms with Gasteiger partial charge in [-0.25, -0.2) is 4.79 Å². The molecule has 4 atom stereocenters. The fraction of sp³-hybridized carbons (Fsp3) is 0.583. The van der Waals surface area contributed by atoms with Crippen molar-refractivity contribution >= 4 is 6.03 Å². The zero-order valence-electron chi connectivity index (χ0n) is 19.0. The number of morpholine rings is 1. The Hall–Kier alpha value is -2.58. The summed E-state index contributed by atoms with van der Waals surface area (Å²) in [6.45, 7) is 5.50. The summed E-state index contributed by atoms with van der Waals surface area (Å²) in [6, 6.07) is 10.8. The number of nitrogens with one attached hydrogen (secondary N) is 1. The number of fused-ring (bicyclic) bond motifs is 3. The lowest BCUT2D eigenvalue weighted by atomic mass is 9.74. The molecule has 1 unspecified atom stereocenters. The van der Waals surface area contributed by atoms with E-state index < -0.39 is 0 Å². The van der Waals surface area contributed by atoms with E-state index in [0.717, 1.165) is 43.1 Å². The average Bonchev–Trinajstić information content (AvgIpc) is 3.24. The van der Waals surface area contributed by atoms with Crippen LogP contribution in [0.25, 0.3) is 11.3 Å². The molecule has 5 heterocycles. The third-order valence-corrected chi connectivity index (χ3v) is 7.35. The molecule has 32 heavy (non-hydrogen) atoms. The lowest BCUT2D eigenvalue weighted by Crippen LogP contribution is -2.57. The normalized spacial score (nSPS) is 27.4. The van der Waals surface area contributed by atoms with Gasteiger partial charge in [0.05, 0.1) is 26.0 Å². The molecule has 8 nitrogen and oxygen atoms in total. The minimum absolute atomic E-state index is 0.0447. The Labute approximate surface area is 189 Å². The molecule has 8 heteroatoms. The molecule has 0 radical (unpaired) electrons. The molecule has 4 aliphatic heterocycles. The van der Waals surface area contributed by atoms with Crippen LogP contribution in [0.1, 0.15) is 24.5 Å². The summed E-state index contributed by atoms with van der Waals surface area (Å²) in [4.78, 5) is 16.9. The van der Waals surface area contributed by atoms with Gasteiger partial charge in [0.25, 0.3) is 0 Å². The first-order chi connectivity index (χ1) is 15.6. The zero-order valence-corrected chi connectivity index (χ0v) is 19.0. The number of hydrogen-bond donors (Lipinski definition) is 1. The van der Waals surface area contributed by atoms with Crippen molar-refractivity contribution in [1.29, 1.82) is 0 Å². The highest BCUT2D eigenvalue weighted by atomic mass is 16.5. The standard InChI is InChI=1S/C24H33N5O3/c1-27-23(14-22(26-27)17-3-5-20(31-2)6-4-17)21-16-29-8-7-18(21)13-19(29)15-25-24(30)28-9-11-32-12-10-28/h3-6,14,18-19,21H,7-13,15-16H2,1-2H3,(H,25,30)/t18-,19+,21+/m0/s1. The molecule has 4 fully saturated rings. The Bertz CT molecular complexity index is 938. The Morgan fingerprint density at radius 1 is 1.22 bits per heavy atom. The monoisotopic (exact) mass is 439 g/mol. The van der Waals surface area contributed by atoms with Crippen LogP contribution < -0.4 is 10.1 Å². The SMILES string of the molecule is COc1ccc(-c2cc([C@@H]3CN4CC[C@H]3C[C@@H]4CNC(=O)N3CCOCC3)n(C)n2)cc1. The number of carbonyl (C=O) groups is 1. The minimum atomic E-state index is 0.0447. The summed E-state index contributed by atoms with van der Waals surface area (Å²) in [5.41, 5.74) is 3.43. The number of benzene rings is 1. The van der Waals surface area contributed by atoms with Crippen LogP contribution in [0.3, 0.4) is 0 Å². The van der Waals surface area contributed by atoms with Gasteiger partial charge in [0.15, 0.2) is 0 Å². The molecule has 1 aromatic heterocycles. The van der Waals surface area contributed by atoms with Gasteiger partial charge >= 0.3 is 6.03 Å². The largest absolute Gasteiger partial charge is 0.497 e. The first-order valence-electron chi connectivity index (χ1n) is 11.7. The van der Waals surface area contributed by atoms with Gasteiger partial charge in [-0.05, 0) is 55.6 Å². The molecule has 0 aliphatic carbocycles. The van der Waals surface area contributed by atoms with Crippen LogP contribution >= 0.6 is 0 Å². The van der Waals surface area contributed by atoms with Crippen LogP contribution in [-0.4, -0.2) is 84.7 Å². The summed E-state index contributed by atoms with van der Waals surface area (Å²) in [5, 5.41) is 7.98. The van der Waals surface area contributed by atoms with Crippen LogP contribution in [0.2, 0.25) is 0 Å². The van der Waals surface area contributed by atoms with Crippen molar-refractivity contribution in [1.82, 2.24) is 24.9 Å². The maximum absolute atomic E-state index is 12.5. The Balaban J connectivity index is 1.23. The molecule has 2 aromatic rings. The topological polar surface area (TPSA) is 71.9 Å². The van der Waals surface area contributed by atoms with E-state index in [4.69, 9.17) is 14.6 Å². The molecule has 4 saturated heterocycles. The van der Waals surface area contributed by atoms with E-state index >= 15 is 0 Å². The van der Waals surface area contributed by atoms with Crippen molar-refractivity contribution in [3.05, 3.63) is 36.0 Å². The van der Waals surface area contributed by atoms with E-state index in [0.29, 0.717) is 44.2 Å². The Kier molecular flexibility index (Phi) is 6.06. The molecule has 0 saturated carbocycles. The maximum atomic E-state index is 12.5. The van der Waals surface area contributed by atoms with Crippen molar-refractivity contribution in [3.8, 4) is 17.0 Å². The number of amides is 2. The number of aromatic nitrogens is 2. The predicted octanol–water partition coefficient (Wildman–Crippen LogP) is 2.32. The van der Waals surface area contributed by atoms with Crippen molar-refractivity contribution in [2.24, 2.45) is 13.0 Å². The molecule has 1 aromatic carbocycles. The summed E-state index contributed by atoms with van der Waals surface area (Å²) < 4.78 is 12.7. The number of carbonyl (C=O) groups excluding carboxylic acids is 1. The lowest BCUT2D eigenvalue weighted by molar-refractivity contribution is 0.0265. The first kappa shape index (κ1) is 21.3. The number of nitrogens with zero attached hydrogens (tertiary/aromatic N) is 4. The number of aryl methyl sites for hydroxylation is 1. The number of urea groups is 1. The highest BCUT2D eigenvalue weighted by molar-refractivity contribution is 5.74. The maximum Gasteiger partial charge on any atom is 0.317 e. The average molecular weight is 440 g/mol. The van der Waals surface area contributed by atoms with E-state index in [-0.39, 0.29) is 6.03 Å². The quantitative estimate of drug-likeness (QED) is 0.774. The van der Waals surface area contributed by atoms with Gasteiger partial charge in [-0.3, -0.25) is 9.58 Å². The van der Waals surface area contributed by atoms with Crippen molar-refractivity contribution < 1.29 is 14.3 Å².